The lowest BCUT2D eigenvalue weighted by molar-refractivity contribution is -0.138. The highest BCUT2D eigenvalue weighted by Gasteiger charge is 2.31. The molecule has 8 heteroatoms. The molecule has 0 radical (unpaired) electrons. The lowest BCUT2D eigenvalue weighted by Gasteiger charge is -2.21. The Hall–Kier alpha value is -1.64. The third kappa shape index (κ3) is 5.63. The van der Waals surface area contributed by atoms with Crippen molar-refractivity contribution in [2.24, 2.45) is 0 Å². The minimum absolute atomic E-state index is 0.140. The first kappa shape index (κ1) is 18.4. The molecule has 1 aromatic carbocycles. The van der Waals surface area contributed by atoms with Crippen LogP contribution >= 0.6 is 0 Å². The van der Waals surface area contributed by atoms with Crippen LogP contribution in [0.2, 0.25) is 0 Å². The molecule has 0 aliphatic rings. The van der Waals surface area contributed by atoms with Crippen molar-refractivity contribution in [2.45, 2.75) is 24.9 Å². The van der Waals surface area contributed by atoms with Crippen LogP contribution in [0.4, 0.5) is 13.2 Å². The maximum Gasteiger partial charge on any atom is 0.416 e. The SMILES string of the molecule is COC(CN[C@@H](CC(=O)O)c1cccc(C(F)(F)F)c1)OC. The molecule has 0 amide bonds. The van der Waals surface area contributed by atoms with Gasteiger partial charge in [-0.1, -0.05) is 12.1 Å². The van der Waals surface area contributed by atoms with Gasteiger partial charge in [0.1, 0.15) is 0 Å². The van der Waals surface area contributed by atoms with E-state index >= 15 is 0 Å². The average molecular weight is 321 g/mol. The molecular formula is C14H18F3NO4. The molecule has 0 spiro atoms. The van der Waals surface area contributed by atoms with Gasteiger partial charge >= 0.3 is 12.1 Å². The fourth-order valence-corrected chi connectivity index (χ4v) is 1.92. The molecule has 5 nitrogen and oxygen atoms in total. The normalized spacial score (nSPS) is 13.4. The monoisotopic (exact) mass is 321 g/mol. The van der Waals surface area contributed by atoms with E-state index in [4.69, 9.17) is 14.6 Å². The fourth-order valence-electron chi connectivity index (χ4n) is 1.92. The Bertz CT molecular complexity index is 489. The number of methoxy groups -OCH3 is 2. The Morgan fingerprint density at radius 2 is 1.95 bits per heavy atom. The van der Waals surface area contributed by atoms with E-state index in [0.29, 0.717) is 0 Å². The van der Waals surface area contributed by atoms with Crippen molar-refractivity contribution in [3.63, 3.8) is 0 Å². The van der Waals surface area contributed by atoms with Gasteiger partial charge in [-0.3, -0.25) is 4.79 Å². The van der Waals surface area contributed by atoms with E-state index in [1.54, 1.807) is 0 Å². The minimum Gasteiger partial charge on any atom is -0.481 e. The van der Waals surface area contributed by atoms with Crippen LogP contribution in [-0.2, 0) is 20.4 Å². The smallest absolute Gasteiger partial charge is 0.416 e. The second-order valence-electron chi connectivity index (χ2n) is 4.58. The van der Waals surface area contributed by atoms with Gasteiger partial charge in [-0.15, -0.1) is 0 Å². The largest absolute Gasteiger partial charge is 0.481 e. The van der Waals surface area contributed by atoms with Crippen LogP contribution in [0.25, 0.3) is 0 Å². The maximum absolute atomic E-state index is 12.7. The Balaban J connectivity index is 2.94. The molecule has 0 aromatic heterocycles. The number of aliphatic carboxylic acids is 1. The molecule has 0 bridgehead atoms. The van der Waals surface area contributed by atoms with Gasteiger partial charge in [0, 0.05) is 26.8 Å². The van der Waals surface area contributed by atoms with Crippen LogP contribution in [0.3, 0.4) is 0 Å². The highest BCUT2D eigenvalue weighted by Crippen LogP contribution is 2.31. The summed E-state index contributed by atoms with van der Waals surface area (Å²) in [6.07, 6.45) is -5.46. The maximum atomic E-state index is 12.7. The van der Waals surface area contributed by atoms with Crippen LogP contribution in [0.1, 0.15) is 23.6 Å². The van der Waals surface area contributed by atoms with Gasteiger partial charge in [0.15, 0.2) is 6.29 Å². The van der Waals surface area contributed by atoms with E-state index in [1.807, 2.05) is 0 Å². The molecule has 2 N–H and O–H groups in total. The topological polar surface area (TPSA) is 67.8 Å². The van der Waals surface area contributed by atoms with Gasteiger partial charge in [-0.05, 0) is 17.7 Å². The molecule has 0 aliphatic heterocycles. The summed E-state index contributed by atoms with van der Waals surface area (Å²) in [5.41, 5.74) is -0.583. The standard InChI is InChI=1S/C14H18F3NO4/c1-21-13(22-2)8-18-11(7-12(19)20)9-4-3-5-10(6-9)14(15,16)17/h3-6,11,13,18H,7-8H2,1-2H3,(H,19,20)/t11-/m0/s1. The Morgan fingerprint density at radius 1 is 1.32 bits per heavy atom. The minimum atomic E-state index is -4.48. The third-order valence-corrected chi connectivity index (χ3v) is 3.05. The molecule has 0 unspecified atom stereocenters. The number of benzene rings is 1. The molecule has 124 valence electrons. The van der Waals surface area contributed by atoms with Crippen molar-refractivity contribution < 1.29 is 32.5 Å². The van der Waals surface area contributed by atoms with Crippen molar-refractivity contribution >= 4 is 5.97 Å². The molecule has 0 saturated heterocycles. The number of hydrogen-bond donors (Lipinski definition) is 2. The van der Waals surface area contributed by atoms with Crippen molar-refractivity contribution in [1.29, 1.82) is 0 Å². The van der Waals surface area contributed by atoms with Gasteiger partial charge < -0.3 is 19.9 Å². The molecular weight excluding hydrogens is 303 g/mol. The first-order valence-electron chi connectivity index (χ1n) is 6.45. The zero-order chi connectivity index (χ0) is 16.8. The van der Waals surface area contributed by atoms with E-state index in [1.165, 1.54) is 26.4 Å². The lowest BCUT2D eigenvalue weighted by atomic mass is 10.0. The Kier molecular flexibility index (Phi) is 6.79. The van der Waals surface area contributed by atoms with Gasteiger partial charge in [0.25, 0.3) is 0 Å². The van der Waals surface area contributed by atoms with Crippen LogP contribution < -0.4 is 5.32 Å². The average Bonchev–Trinajstić information content (AvgIpc) is 2.46. The number of nitrogens with one attached hydrogen (secondary N) is 1. The summed E-state index contributed by atoms with van der Waals surface area (Å²) in [7, 11) is 2.82. The first-order chi connectivity index (χ1) is 10.3. The van der Waals surface area contributed by atoms with Crippen molar-refractivity contribution in [1.82, 2.24) is 5.32 Å². The number of halogens is 3. The van der Waals surface area contributed by atoms with Gasteiger partial charge in [-0.25, -0.2) is 0 Å². The lowest BCUT2D eigenvalue weighted by Crippen LogP contribution is -2.33. The second kappa shape index (κ2) is 8.11. The number of hydrogen-bond acceptors (Lipinski definition) is 4. The van der Waals surface area contributed by atoms with E-state index in [9.17, 15) is 18.0 Å². The Labute approximate surface area is 126 Å². The summed E-state index contributed by atoms with van der Waals surface area (Å²) in [5.74, 6) is -1.12. The number of alkyl halides is 3. The predicted octanol–water partition coefficient (Wildman–Crippen LogP) is 2.43. The molecule has 1 rings (SSSR count). The third-order valence-electron chi connectivity index (χ3n) is 3.05. The fraction of sp³-hybridized carbons (Fsp3) is 0.500. The number of rotatable bonds is 8. The molecule has 0 fully saturated rings. The van der Waals surface area contributed by atoms with Gasteiger partial charge in [0.05, 0.1) is 12.0 Å². The van der Waals surface area contributed by atoms with E-state index in [-0.39, 0.29) is 18.5 Å². The number of ether oxygens (including phenoxy) is 2. The summed E-state index contributed by atoms with van der Waals surface area (Å²) in [4.78, 5) is 10.9. The van der Waals surface area contributed by atoms with Crippen LogP contribution in [-0.4, -0.2) is 38.1 Å². The highest BCUT2D eigenvalue weighted by atomic mass is 19.4. The number of carboxylic acids is 1. The zero-order valence-corrected chi connectivity index (χ0v) is 12.2. The molecule has 22 heavy (non-hydrogen) atoms. The summed E-state index contributed by atoms with van der Waals surface area (Å²) >= 11 is 0. The number of carboxylic acid groups (broad SMARTS) is 1. The highest BCUT2D eigenvalue weighted by molar-refractivity contribution is 5.68. The van der Waals surface area contributed by atoms with Crippen LogP contribution in [0, 0.1) is 0 Å². The van der Waals surface area contributed by atoms with Crippen molar-refractivity contribution in [3.8, 4) is 0 Å². The van der Waals surface area contributed by atoms with Gasteiger partial charge in [0.2, 0.25) is 0 Å². The summed E-state index contributed by atoms with van der Waals surface area (Å²) in [5, 5.41) is 11.8. The Morgan fingerprint density at radius 3 is 2.45 bits per heavy atom. The van der Waals surface area contributed by atoms with Gasteiger partial charge in [-0.2, -0.15) is 13.2 Å². The van der Waals surface area contributed by atoms with Crippen molar-refractivity contribution in [3.05, 3.63) is 35.4 Å². The molecule has 1 aromatic rings. The number of carbonyl (C=O) groups is 1. The first-order valence-corrected chi connectivity index (χ1v) is 6.45. The van der Waals surface area contributed by atoms with Crippen LogP contribution in [0.5, 0.6) is 0 Å². The second-order valence-corrected chi connectivity index (χ2v) is 4.58. The summed E-state index contributed by atoms with van der Waals surface area (Å²) < 4.78 is 48.1. The predicted molar refractivity (Wildman–Crippen MR) is 72.2 cm³/mol. The molecule has 0 heterocycles. The van der Waals surface area contributed by atoms with Crippen molar-refractivity contribution in [2.75, 3.05) is 20.8 Å². The summed E-state index contributed by atoms with van der Waals surface area (Å²) in [6, 6.07) is 3.79. The zero-order valence-electron chi connectivity index (χ0n) is 12.2. The molecule has 0 aliphatic carbocycles. The summed E-state index contributed by atoms with van der Waals surface area (Å²) in [6.45, 7) is 0.140. The van der Waals surface area contributed by atoms with E-state index < -0.39 is 30.0 Å². The molecule has 1 atom stereocenters. The van der Waals surface area contributed by atoms with E-state index in [0.717, 1.165) is 12.1 Å². The van der Waals surface area contributed by atoms with Crippen LogP contribution in [0.15, 0.2) is 24.3 Å². The molecule has 0 saturated carbocycles. The quantitative estimate of drug-likeness (QED) is 0.720. The van der Waals surface area contributed by atoms with E-state index in [2.05, 4.69) is 5.32 Å².